The summed E-state index contributed by atoms with van der Waals surface area (Å²) in [5.74, 6) is -0.446. The van der Waals surface area contributed by atoms with Gasteiger partial charge >= 0.3 is 5.97 Å². The van der Waals surface area contributed by atoms with Gasteiger partial charge in [-0.3, -0.25) is 14.5 Å². The average molecular weight is 429 g/mol. The van der Waals surface area contributed by atoms with Gasteiger partial charge in [0.15, 0.2) is 18.1 Å². The van der Waals surface area contributed by atoms with Crippen molar-refractivity contribution in [3.63, 3.8) is 0 Å². The van der Waals surface area contributed by atoms with Gasteiger partial charge in [0.1, 0.15) is 12.4 Å². The molecule has 2 aromatic rings. The number of thioether (sulfide) groups is 1. The van der Waals surface area contributed by atoms with E-state index in [4.69, 9.17) is 19.3 Å². The molecular weight excluding hydrogens is 410 g/mol. The maximum absolute atomic E-state index is 12.7. The number of para-hydroxylation sites is 2. The fourth-order valence-electron chi connectivity index (χ4n) is 2.70. The zero-order chi connectivity index (χ0) is 21.5. The molecule has 1 N–H and O–H groups in total. The molecule has 8 nitrogen and oxygen atoms in total. The first-order valence-corrected chi connectivity index (χ1v) is 9.76. The van der Waals surface area contributed by atoms with Gasteiger partial charge in [-0.15, -0.1) is 0 Å². The molecule has 30 heavy (non-hydrogen) atoms. The van der Waals surface area contributed by atoms with E-state index in [0.717, 1.165) is 16.7 Å². The van der Waals surface area contributed by atoms with Crippen molar-refractivity contribution >= 4 is 35.0 Å². The van der Waals surface area contributed by atoms with Crippen LogP contribution in [0.2, 0.25) is 0 Å². The van der Waals surface area contributed by atoms with Crippen LogP contribution < -0.4 is 14.2 Å². The van der Waals surface area contributed by atoms with Gasteiger partial charge in [0.2, 0.25) is 0 Å². The number of rotatable bonds is 9. The summed E-state index contributed by atoms with van der Waals surface area (Å²) < 4.78 is 16.1. The maximum atomic E-state index is 12.7. The summed E-state index contributed by atoms with van der Waals surface area (Å²) in [5.41, 5.74) is 0.432. The van der Waals surface area contributed by atoms with Crippen molar-refractivity contribution < 1.29 is 33.7 Å². The highest BCUT2D eigenvalue weighted by Crippen LogP contribution is 2.37. The summed E-state index contributed by atoms with van der Waals surface area (Å²) in [5, 5.41) is 8.48. The lowest BCUT2D eigenvalue weighted by atomic mass is 10.1. The summed E-state index contributed by atoms with van der Waals surface area (Å²) in [4.78, 5) is 37.2. The van der Waals surface area contributed by atoms with E-state index in [1.54, 1.807) is 30.3 Å². The molecule has 1 saturated heterocycles. The first kappa shape index (κ1) is 21.3. The van der Waals surface area contributed by atoms with Crippen LogP contribution in [0.5, 0.6) is 17.2 Å². The van der Waals surface area contributed by atoms with Crippen molar-refractivity contribution in [2.45, 2.75) is 0 Å². The minimum atomic E-state index is -1.15. The SMILES string of the molecule is COc1cccc(C=C2SC(=O)N(CCOc3ccccc3)C2=O)c1OCC(=O)O. The number of methoxy groups -OCH3 is 1. The maximum Gasteiger partial charge on any atom is 0.341 e. The number of ether oxygens (including phenoxy) is 3. The van der Waals surface area contributed by atoms with Crippen molar-refractivity contribution in [3.8, 4) is 17.2 Å². The minimum absolute atomic E-state index is 0.109. The highest BCUT2D eigenvalue weighted by atomic mass is 32.2. The summed E-state index contributed by atoms with van der Waals surface area (Å²) >= 11 is 0.800. The van der Waals surface area contributed by atoms with Crippen molar-refractivity contribution in [1.29, 1.82) is 0 Å². The number of carboxylic acids is 1. The predicted octanol–water partition coefficient (Wildman–Crippen LogP) is 3.27. The molecule has 0 unspecified atom stereocenters. The monoisotopic (exact) mass is 429 g/mol. The molecule has 0 aliphatic carbocycles. The summed E-state index contributed by atoms with van der Waals surface area (Å²) in [7, 11) is 1.42. The van der Waals surface area contributed by atoms with E-state index in [0.29, 0.717) is 17.1 Å². The molecule has 1 aliphatic rings. The standard InChI is InChI=1S/C21H19NO7S/c1-27-16-9-5-6-14(19(16)29-13-18(23)24)12-17-20(25)22(21(26)30-17)10-11-28-15-7-3-2-4-8-15/h2-9,12H,10-11,13H2,1H3,(H,23,24). The van der Waals surface area contributed by atoms with Gasteiger partial charge < -0.3 is 19.3 Å². The van der Waals surface area contributed by atoms with Crippen LogP contribution >= 0.6 is 11.8 Å². The lowest BCUT2D eigenvalue weighted by molar-refractivity contribution is -0.139. The molecule has 3 rings (SSSR count). The summed E-state index contributed by atoms with van der Waals surface area (Å²) in [6.07, 6.45) is 1.49. The molecule has 0 bridgehead atoms. The van der Waals surface area contributed by atoms with E-state index in [2.05, 4.69) is 0 Å². The first-order chi connectivity index (χ1) is 14.5. The van der Waals surface area contributed by atoms with Gasteiger partial charge in [-0.05, 0) is 36.0 Å². The number of aliphatic carboxylic acids is 1. The van der Waals surface area contributed by atoms with Gasteiger partial charge in [-0.2, -0.15) is 0 Å². The third kappa shape index (κ3) is 5.12. The van der Waals surface area contributed by atoms with Gasteiger partial charge in [-0.25, -0.2) is 4.79 Å². The van der Waals surface area contributed by atoms with Crippen LogP contribution in [-0.4, -0.2) is 54.0 Å². The number of nitrogens with zero attached hydrogens (tertiary/aromatic N) is 1. The van der Waals surface area contributed by atoms with Crippen LogP contribution in [0, 0.1) is 0 Å². The Morgan fingerprint density at radius 2 is 1.87 bits per heavy atom. The molecule has 1 aliphatic heterocycles. The second kappa shape index (κ2) is 9.84. The van der Waals surface area contributed by atoms with Crippen molar-refractivity contribution in [1.82, 2.24) is 4.90 Å². The number of hydrogen-bond donors (Lipinski definition) is 1. The van der Waals surface area contributed by atoms with Gasteiger partial charge in [0, 0.05) is 5.56 Å². The number of imide groups is 1. The highest BCUT2D eigenvalue weighted by molar-refractivity contribution is 8.18. The van der Waals surface area contributed by atoms with E-state index < -0.39 is 23.7 Å². The molecule has 0 spiro atoms. The number of carbonyl (C=O) groups is 3. The average Bonchev–Trinajstić information content (AvgIpc) is 3.00. The van der Waals surface area contributed by atoms with Crippen LogP contribution in [-0.2, 0) is 9.59 Å². The van der Waals surface area contributed by atoms with E-state index in [-0.39, 0.29) is 23.8 Å². The van der Waals surface area contributed by atoms with Gasteiger partial charge in [0.25, 0.3) is 11.1 Å². The van der Waals surface area contributed by atoms with Gasteiger partial charge in [-0.1, -0.05) is 30.3 Å². The zero-order valence-corrected chi connectivity index (χ0v) is 16.9. The Labute approximate surface area is 177 Å². The van der Waals surface area contributed by atoms with Crippen LogP contribution in [0.4, 0.5) is 4.79 Å². The Hall–Kier alpha value is -3.46. The van der Waals surface area contributed by atoms with Crippen LogP contribution in [0.3, 0.4) is 0 Å². The first-order valence-electron chi connectivity index (χ1n) is 8.94. The van der Waals surface area contributed by atoms with Gasteiger partial charge in [0.05, 0.1) is 18.6 Å². The molecule has 0 radical (unpaired) electrons. The van der Waals surface area contributed by atoms with E-state index in [1.165, 1.54) is 13.2 Å². The molecule has 0 aromatic heterocycles. The molecule has 2 aromatic carbocycles. The molecule has 1 fully saturated rings. The Balaban J connectivity index is 1.74. The van der Waals surface area contributed by atoms with Crippen molar-refractivity contribution in [2.24, 2.45) is 0 Å². The third-order valence-corrected chi connectivity index (χ3v) is 4.96. The lowest BCUT2D eigenvalue weighted by Gasteiger charge is -2.13. The quantitative estimate of drug-likeness (QED) is 0.606. The number of amides is 2. The second-order valence-electron chi connectivity index (χ2n) is 6.06. The number of carbonyl (C=O) groups excluding carboxylic acids is 2. The Morgan fingerprint density at radius 1 is 1.10 bits per heavy atom. The normalized spacial score (nSPS) is 14.8. The lowest BCUT2D eigenvalue weighted by Crippen LogP contribution is -2.32. The van der Waals surface area contributed by atoms with E-state index in [9.17, 15) is 14.4 Å². The second-order valence-corrected chi connectivity index (χ2v) is 7.05. The summed E-state index contributed by atoms with van der Waals surface area (Å²) in [6, 6.07) is 14.0. The van der Waals surface area contributed by atoms with Crippen LogP contribution in [0.25, 0.3) is 6.08 Å². The number of carboxylic acid groups (broad SMARTS) is 1. The van der Waals surface area contributed by atoms with Crippen molar-refractivity contribution in [3.05, 3.63) is 59.0 Å². The minimum Gasteiger partial charge on any atom is -0.493 e. The molecule has 156 valence electrons. The fourth-order valence-corrected chi connectivity index (χ4v) is 3.56. The molecule has 0 atom stereocenters. The smallest absolute Gasteiger partial charge is 0.341 e. The van der Waals surface area contributed by atoms with Crippen LogP contribution in [0.1, 0.15) is 5.56 Å². The van der Waals surface area contributed by atoms with E-state index in [1.807, 2.05) is 18.2 Å². The molecule has 1 heterocycles. The molecule has 0 saturated carbocycles. The van der Waals surface area contributed by atoms with E-state index >= 15 is 0 Å². The number of benzene rings is 2. The largest absolute Gasteiger partial charge is 0.493 e. The Kier molecular flexibility index (Phi) is 6.97. The zero-order valence-electron chi connectivity index (χ0n) is 16.1. The molecule has 2 amide bonds. The molecular formula is C21H19NO7S. The van der Waals surface area contributed by atoms with Crippen LogP contribution in [0.15, 0.2) is 53.4 Å². The topological polar surface area (TPSA) is 102 Å². The van der Waals surface area contributed by atoms with Crippen molar-refractivity contribution in [2.75, 3.05) is 26.9 Å². The highest BCUT2D eigenvalue weighted by Gasteiger charge is 2.35. The molecule has 9 heteroatoms. The fraction of sp³-hybridized carbons (Fsp3) is 0.190. The Morgan fingerprint density at radius 3 is 2.57 bits per heavy atom. The number of hydrogen-bond acceptors (Lipinski definition) is 7. The summed E-state index contributed by atoms with van der Waals surface area (Å²) in [6.45, 7) is -0.293. The Bertz CT molecular complexity index is 975. The predicted molar refractivity (Wildman–Crippen MR) is 111 cm³/mol. The third-order valence-electron chi connectivity index (χ3n) is 4.06.